The fourth-order valence-corrected chi connectivity index (χ4v) is 5.39. The molecule has 3 heterocycles. The van der Waals surface area contributed by atoms with Gasteiger partial charge in [-0.3, -0.25) is 9.88 Å². The Kier molecular flexibility index (Phi) is 6.10. The second kappa shape index (κ2) is 8.90. The van der Waals surface area contributed by atoms with Crippen LogP contribution in [-0.2, 0) is 12.3 Å². The SMILES string of the molecule is Cc1cc(Br)cnc1CN1CCC(c2cccc3c2OC(C)(c2ccc(Cl)cc2F)O3)CC1. The van der Waals surface area contributed by atoms with Crippen molar-refractivity contribution < 1.29 is 13.9 Å². The molecule has 4 nitrogen and oxygen atoms in total. The van der Waals surface area contributed by atoms with Gasteiger partial charge in [0, 0.05) is 34.7 Å². The molecule has 0 aliphatic carbocycles. The summed E-state index contributed by atoms with van der Waals surface area (Å²) in [6.07, 6.45) is 3.89. The maximum Gasteiger partial charge on any atom is 0.278 e. The molecule has 172 valence electrons. The van der Waals surface area contributed by atoms with E-state index in [-0.39, 0.29) is 0 Å². The van der Waals surface area contributed by atoms with Crippen molar-refractivity contribution in [3.8, 4) is 11.5 Å². The molecule has 0 bridgehead atoms. The van der Waals surface area contributed by atoms with Crippen LogP contribution >= 0.6 is 27.5 Å². The number of rotatable bonds is 4. The van der Waals surface area contributed by atoms with Crippen molar-refractivity contribution in [1.29, 1.82) is 0 Å². The molecular formula is C26H25BrClFN2O2. The van der Waals surface area contributed by atoms with Crippen LogP contribution in [0, 0.1) is 12.7 Å². The first-order valence-corrected chi connectivity index (χ1v) is 12.3. The first kappa shape index (κ1) is 22.6. The highest BCUT2D eigenvalue weighted by Crippen LogP contribution is 2.49. The van der Waals surface area contributed by atoms with E-state index in [4.69, 9.17) is 21.1 Å². The first-order valence-electron chi connectivity index (χ1n) is 11.1. The van der Waals surface area contributed by atoms with E-state index in [2.05, 4.69) is 44.9 Å². The van der Waals surface area contributed by atoms with Crippen molar-refractivity contribution in [2.75, 3.05) is 13.1 Å². The molecular weight excluding hydrogens is 507 g/mol. The highest BCUT2D eigenvalue weighted by molar-refractivity contribution is 9.10. The fourth-order valence-electron chi connectivity index (χ4n) is 4.79. The number of halogens is 3. The second-order valence-electron chi connectivity index (χ2n) is 8.92. The van der Waals surface area contributed by atoms with E-state index >= 15 is 0 Å². The van der Waals surface area contributed by atoms with Crippen molar-refractivity contribution in [3.05, 3.63) is 86.4 Å². The molecule has 0 spiro atoms. The number of aromatic nitrogens is 1. The molecule has 3 aromatic rings. The number of aryl methyl sites for hydroxylation is 1. The van der Waals surface area contributed by atoms with Crippen LogP contribution in [0.3, 0.4) is 0 Å². The normalized spacial score (nSPS) is 20.9. The summed E-state index contributed by atoms with van der Waals surface area (Å²) in [4.78, 5) is 7.04. The molecule has 7 heteroatoms. The van der Waals surface area contributed by atoms with Gasteiger partial charge in [0.2, 0.25) is 0 Å². The summed E-state index contributed by atoms with van der Waals surface area (Å²) in [5.74, 6) is 0.0684. The average Bonchev–Trinajstić information content (AvgIpc) is 3.13. The van der Waals surface area contributed by atoms with Crippen LogP contribution in [0.1, 0.15) is 48.1 Å². The zero-order chi connectivity index (χ0) is 23.2. The third-order valence-corrected chi connectivity index (χ3v) is 7.25. The van der Waals surface area contributed by atoms with Crippen molar-refractivity contribution in [2.24, 2.45) is 0 Å². The molecule has 1 saturated heterocycles. The minimum Gasteiger partial charge on any atom is -0.444 e. The average molecular weight is 532 g/mol. The molecule has 2 aromatic carbocycles. The van der Waals surface area contributed by atoms with E-state index in [1.54, 1.807) is 19.1 Å². The largest absolute Gasteiger partial charge is 0.444 e. The van der Waals surface area contributed by atoms with Crippen LogP contribution in [-0.4, -0.2) is 23.0 Å². The summed E-state index contributed by atoms with van der Waals surface area (Å²) in [7, 11) is 0. The fraction of sp³-hybridized carbons (Fsp3) is 0.346. The van der Waals surface area contributed by atoms with E-state index < -0.39 is 11.6 Å². The molecule has 2 aliphatic heterocycles. The number of hydrogen-bond donors (Lipinski definition) is 0. The quantitative estimate of drug-likeness (QED) is 0.364. The molecule has 1 fully saturated rings. The number of fused-ring (bicyclic) bond motifs is 1. The summed E-state index contributed by atoms with van der Waals surface area (Å²) in [6, 6.07) is 12.7. The van der Waals surface area contributed by atoms with Gasteiger partial charge in [0.15, 0.2) is 11.5 Å². The lowest BCUT2D eigenvalue weighted by Gasteiger charge is -2.32. The van der Waals surface area contributed by atoms with Crippen LogP contribution in [0.5, 0.6) is 11.5 Å². The predicted octanol–water partition coefficient (Wildman–Crippen LogP) is 6.97. The topological polar surface area (TPSA) is 34.6 Å². The molecule has 0 amide bonds. The minimum absolute atomic E-state index is 0.334. The van der Waals surface area contributed by atoms with E-state index in [0.717, 1.165) is 54.0 Å². The summed E-state index contributed by atoms with van der Waals surface area (Å²) < 4.78 is 28.1. The van der Waals surface area contributed by atoms with Crippen molar-refractivity contribution in [3.63, 3.8) is 0 Å². The molecule has 0 radical (unpaired) electrons. The Balaban J connectivity index is 1.31. The van der Waals surface area contributed by atoms with Gasteiger partial charge in [-0.1, -0.05) is 23.7 Å². The first-order chi connectivity index (χ1) is 15.8. The van der Waals surface area contributed by atoms with Gasteiger partial charge in [-0.2, -0.15) is 0 Å². The van der Waals surface area contributed by atoms with Gasteiger partial charge in [-0.05, 0) is 90.6 Å². The van der Waals surface area contributed by atoms with Crippen LogP contribution in [0.2, 0.25) is 5.02 Å². The number of hydrogen-bond acceptors (Lipinski definition) is 4. The number of likely N-dealkylation sites (tertiary alicyclic amines) is 1. The number of para-hydroxylation sites is 1. The number of nitrogens with zero attached hydrogens (tertiary/aromatic N) is 2. The maximum atomic E-state index is 14.6. The van der Waals surface area contributed by atoms with Gasteiger partial charge in [0.25, 0.3) is 5.79 Å². The Labute approximate surface area is 206 Å². The third-order valence-electron chi connectivity index (χ3n) is 6.59. The third kappa shape index (κ3) is 4.48. The molecule has 1 unspecified atom stereocenters. The second-order valence-corrected chi connectivity index (χ2v) is 10.3. The summed E-state index contributed by atoms with van der Waals surface area (Å²) in [5, 5.41) is 0.344. The number of piperidine rings is 1. The molecule has 2 aliphatic rings. The molecule has 33 heavy (non-hydrogen) atoms. The summed E-state index contributed by atoms with van der Waals surface area (Å²) >= 11 is 9.42. The molecule has 1 atom stereocenters. The monoisotopic (exact) mass is 530 g/mol. The summed E-state index contributed by atoms with van der Waals surface area (Å²) in [6.45, 7) is 6.67. The van der Waals surface area contributed by atoms with Crippen molar-refractivity contribution in [2.45, 2.75) is 44.9 Å². The lowest BCUT2D eigenvalue weighted by molar-refractivity contribution is -0.0712. The number of pyridine rings is 1. The molecule has 1 aromatic heterocycles. The van der Waals surface area contributed by atoms with E-state index in [1.165, 1.54) is 11.6 Å². The highest BCUT2D eigenvalue weighted by atomic mass is 79.9. The van der Waals surface area contributed by atoms with Crippen LogP contribution in [0.15, 0.2) is 53.1 Å². The van der Waals surface area contributed by atoms with Crippen LogP contribution < -0.4 is 9.47 Å². The van der Waals surface area contributed by atoms with Gasteiger partial charge in [-0.15, -0.1) is 0 Å². The van der Waals surface area contributed by atoms with Crippen molar-refractivity contribution >= 4 is 27.5 Å². The number of benzene rings is 2. The lowest BCUT2D eigenvalue weighted by Crippen LogP contribution is -2.34. The highest BCUT2D eigenvalue weighted by Gasteiger charge is 2.42. The Bertz CT molecular complexity index is 1200. The standard InChI is InChI=1S/C26H25BrClFN2O2/c1-16-12-18(27)14-30-23(16)15-31-10-8-17(9-11-31)20-4-3-5-24-25(20)33-26(2,32-24)21-7-6-19(28)13-22(21)29/h3-7,12-14,17H,8-11,15H2,1-2H3. The van der Waals surface area contributed by atoms with Gasteiger partial charge in [0.05, 0.1) is 11.3 Å². The minimum atomic E-state index is -1.22. The zero-order valence-electron chi connectivity index (χ0n) is 18.6. The van der Waals surface area contributed by atoms with Gasteiger partial charge in [-0.25, -0.2) is 4.39 Å². The molecule has 0 saturated carbocycles. The Morgan fingerprint density at radius 3 is 2.70 bits per heavy atom. The van der Waals surface area contributed by atoms with E-state index in [9.17, 15) is 4.39 Å². The van der Waals surface area contributed by atoms with Crippen LogP contribution in [0.4, 0.5) is 4.39 Å². The Hall–Kier alpha value is -2.15. The molecule has 0 N–H and O–H groups in total. The Morgan fingerprint density at radius 1 is 1.18 bits per heavy atom. The number of ether oxygens (including phenoxy) is 2. The van der Waals surface area contributed by atoms with E-state index in [0.29, 0.717) is 22.3 Å². The maximum absolute atomic E-state index is 14.6. The Morgan fingerprint density at radius 2 is 1.97 bits per heavy atom. The smallest absolute Gasteiger partial charge is 0.278 e. The molecule has 5 rings (SSSR count). The summed E-state index contributed by atoms with van der Waals surface area (Å²) in [5.41, 5.74) is 3.78. The van der Waals surface area contributed by atoms with Crippen molar-refractivity contribution in [1.82, 2.24) is 9.88 Å². The lowest BCUT2D eigenvalue weighted by atomic mass is 9.88. The zero-order valence-corrected chi connectivity index (χ0v) is 20.9. The van der Waals surface area contributed by atoms with Gasteiger partial charge in [0.1, 0.15) is 5.82 Å². The van der Waals surface area contributed by atoms with Gasteiger partial charge < -0.3 is 9.47 Å². The van der Waals surface area contributed by atoms with Crippen LogP contribution in [0.25, 0.3) is 0 Å². The van der Waals surface area contributed by atoms with Gasteiger partial charge >= 0.3 is 0 Å². The van der Waals surface area contributed by atoms with E-state index in [1.807, 2.05) is 18.3 Å². The predicted molar refractivity (Wildman–Crippen MR) is 130 cm³/mol.